The quantitative estimate of drug-likeness (QED) is 0.473. The van der Waals surface area contributed by atoms with E-state index < -0.39 is 10.0 Å². The van der Waals surface area contributed by atoms with E-state index in [-0.39, 0.29) is 5.75 Å². The number of piperazine rings is 1. The fraction of sp³-hybridized carbons (Fsp3) is 0.409. The van der Waals surface area contributed by atoms with E-state index in [0.717, 1.165) is 43.5 Å². The van der Waals surface area contributed by atoms with E-state index >= 15 is 0 Å². The Hall–Kier alpha value is -2.78. The van der Waals surface area contributed by atoms with Gasteiger partial charge in [0.2, 0.25) is 10.0 Å². The summed E-state index contributed by atoms with van der Waals surface area (Å²) in [6, 6.07) is 17.5. The molecule has 1 aliphatic heterocycles. The van der Waals surface area contributed by atoms with E-state index in [4.69, 9.17) is 4.74 Å². The maximum Gasteiger partial charge on any atom is 0.213 e. The number of rotatable bonds is 8. The molecule has 0 aromatic heterocycles. The van der Waals surface area contributed by atoms with Crippen molar-refractivity contribution >= 4 is 21.7 Å². The van der Waals surface area contributed by atoms with Crippen molar-refractivity contribution in [2.75, 3.05) is 57.5 Å². The number of sulfonamides is 1. The predicted octanol–water partition coefficient (Wildman–Crippen LogP) is 1.51. The molecule has 2 N–H and O–H groups in total. The molecule has 9 heteroatoms. The van der Waals surface area contributed by atoms with Crippen molar-refractivity contribution in [3.05, 3.63) is 60.2 Å². The zero-order chi connectivity index (χ0) is 22.1. The second kappa shape index (κ2) is 11.0. The Morgan fingerprint density at radius 3 is 2.32 bits per heavy atom. The smallest absolute Gasteiger partial charge is 0.213 e. The summed E-state index contributed by atoms with van der Waals surface area (Å²) >= 11 is 0. The molecule has 1 aliphatic rings. The van der Waals surface area contributed by atoms with E-state index in [1.807, 2.05) is 42.5 Å². The molecule has 8 nitrogen and oxygen atoms in total. The molecule has 0 unspecified atom stereocenters. The molecule has 0 aliphatic carbocycles. The van der Waals surface area contributed by atoms with Crippen LogP contribution in [0.4, 0.5) is 5.69 Å². The predicted molar refractivity (Wildman–Crippen MR) is 125 cm³/mol. The van der Waals surface area contributed by atoms with Crippen LogP contribution in [0.3, 0.4) is 0 Å². The van der Waals surface area contributed by atoms with Gasteiger partial charge in [-0.3, -0.25) is 4.99 Å². The van der Waals surface area contributed by atoms with Gasteiger partial charge in [-0.2, -0.15) is 0 Å². The Morgan fingerprint density at radius 1 is 1.03 bits per heavy atom. The standard InChI is InChI=1S/C22H31N5O3S/c1-23-22(24-12-17-31(28,29)25-18-19-6-4-3-5-7-19)27-15-13-26(14-16-27)20-8-10-21(30-2)11-9-20/h3-11,25H,12-18H2,1-2H3,(H,23,24). The van der Waals surface area contributed by atoms with Gasteiger partial charge in [0.25, 0.3) is 0 Å². The number of methoxy groups -OCH3 is 1. The molecule has 2 aromatic rings. The minimum Gasteiger partial charge on any atom is -0.497 e. The van der Waals surface area contributed by atoms with Crippen LogP contribution in [0.25, 0.3) is 0 Å². The van der Waals surface area contributed by atoms with E-state index in [1.54, 1.807) is 14.2 Å². The van der Waals surface area contributed by atoms with Crippen molar-refractivity contribution in [2.45, 2.75) is 6.54 Å². The van der Waals surface area contributed by atoms with E-state index in [2.05, 4.69) is 37.0 Å². The maximum absolute atomic E-state index is 12.3. The van der Waals surface area contributed by atoms with Gasteiger partial charge in [0.15, 0.2) is 5.96 Å². The van der Waals surface area contributed by atoms with Gasteiger partial charge < -0.3 is 19.9 Å². The van der Waals surface area contributed by atoms with Crippen LogP contribution >= 0.6 is 0 Å². The van der Waals surface area contributed by atoms with Gasteiger partial charge in [0.05, 0.1) is 12.9 Å². The van der Waals surface area contributed by atoms with Crippen molar-refractivity contribution in [2.24, 2.45) is 4.99 Å². The molecular weight excluding hydrogens is 414 g/mol. The highest BCUT2D eigenvalue weighted by Gasteiger charge is 2.20. The number of hydrogen-bond donors (Lipinski definition) is 2. The average Bonchev–Trinajstić information content (AvgIpc) is 2.81. The molecule has 0 atom stereocenters. The Balaban J connectivity index is 1.43. The third-order valence-corrected chi connectivity index (χ3v) is 6.55. The largest absolute Gasteiger partial charge is 0.497 e. The molecule has 0 spiro atoms. The highest BCUT2D eigenvalue weighted by atomic mass is 32.2. The van der Waals surface area contributed by atoms with Crippen molar-refractivity contribution in [3.8, 4) is 5.75 Å². The van der Waals surface area contributed by atoms with Crippen molar-refractivity contribution < 1.29 is 13.2 Å². The lowest BCUT2D eigenvalue weighted by Crippen LogP contribution is -2.53. The summed E-state index contributed by atoms with van der Waals surface area (Å²) in [4.78, 5) is 8.80. The molecule has 0 radical (unpaired) electrons. The van der Waals surface area contributed by atoms with E-state index in [0.29, 0.717) is 13.1 Å². The summed E-state index contributed by atoms with van der Waals surface area (Å²) in [6.07, 6.45) is 0. The van der Waals surface area contributed by atoms with Gasteiger partial charge in [-0.05, 0) is 29.8 Å². The molecule has 3 rings (SSSR count). The maximum atomic E-state index is 12.3. The van der Waals surface area contributed by atoms with Gasteiger partial charge in [0.1, 0.15) is 5.75 Å². The first-order valence-electron chi connectivity index (χ1n) is 10.4. The number of guanidine groups is 1. The van der Waals surface area contributed by atoms with E-state index in [1.165, 1.54) is 5.69 Å². The number of benzene rings is 2. The van der Waals surface area contributed by atoms with Crippen LogP contribution in [-0.2, 0) is 16.6 Å². The average molecular weight is 446 g/mol. The van der Waals surface area contributed by atoms with Crippen LogP contribution in [0, 0.1) is 0 Å². The Morgan fingerprint density at radius 2 is 1.71 bits per heavy atom. The van der Waals surface area contributed by atoms with Gasteiger partial charge in [-0.1, -0.05) is 30.3 Å². The molecule has 0 saturated carbocycles. The van der Waals surface area contributed by atoms with Crippen molar-refractivity contribution in [1.82, 2.24) is 14.9 Å². The molecule has 1 heterocycles. The molecule has 31 heavy (non-hydrogen) atoms. The summed E-state index contributed by atoms with van der Waals surface area (Å²) in [7, 11) is 0.0168. The van der Waals surface area contributed by atoms with Crippen molar-refractivity contribution in [1.29, 1.82) is 0 Å². The summed E-state index contributed by atoms with van der Waals surface area (Å²) in [5.74, 6) is 1.57. The number of nitrogens with one attached hydrogen (secondary N) is 2. The lowest BCUT2D eigenvalue weighted by Gasteiger charge is -2.37. The molecule has 0 bridgehead atoms. The zero-order valence-corrected chi connectivity index (χ0v) is 18.9. The minimum atomic E-state index is -3.37. The van der Waals surface area contributed by atoms with Gasteiger partial charge in [0, 0.05) is 52.0 Å². The number of ether oxygens (including phenoxy) is 1. The van der Waals surface area contributed by atoms with Gasteiger partial charge in [-0.15, -0.1) is 0 Å². The Labute approximate surface area is 185 Å². The van der Waals surface area contributed by atoms with Crippen molar-refractivity contribution in [3.63, 3.8) is 0 Å². The molecule has 1 fully saturated rings. The third-order valence-electron chi connectivity index (χ3n) is 5.22. The normalized spacial score (nSPS) is 15.1. The first-order chi connectivity index (χ1) is 15.0. The highest BCUT2D eigenvalue weighted by molar-refractivity contribution is 7.89. The Bertz CT molecular complexity index is 941. The second-order valence-electron chi connectivity index (χ2n) is 7.27. The number of hydrogen-bond acceptors (Lipinski definition) is 5. The SMILES string of the molecule is CN=C(NCCS(=O)(=O)NCc1ccccc1)N1CCN(c2ccc(OC)cc2)CC1. The molecule has 1 saturated heterocycles. The highest BCUT2D eigenvalue weighted by Crippen LogP contribution is 2.20. The van der Waals surface area contributed by atoms with Crippen LogP contribution in [0.1, 0.15) is 5.56 Å². The minimum absolute atomic E-state index is 0.00926. The first kappa shape index (κ1) is 22.9. The van der Waals surface area contributed by atoms with Gasteiger partial charge >= 0.3 is 0 Å². The lowest BCUT2D eigenvalue weighted by atomic mass is 10.2. The first-order valence-corrected chi connectivity index (χ1v) is 12.0. The summed E-state index contributed by atoms with van der Waals surface area (Å²) < 4.78 is 32.4. The third kappa shape index (κ3) is 6.86. The van der Waals surface area contributed by atoms with Crippen LogP contribution < -0.4 is 19.7 Å². The molecule has 0 amide bonds. The monoisotopic (exact) mass is 445 g/mol. The number of anilines is 1. The topological polar surface area (TPSA) is 86.3 Å². The molecular formula is C22H31N5O3S. The number of nitrogens with zero attached hydrogens (tertiary/aromatic N) is 3. The lowest BCUT2D eigenvalue weighted by molar-refractivity contribution is 0.373. The summed E-state index contributed by atoms with van der Waals surface area (Å²) in [5.41, 5.74) is 2.10. The fourth-order valence-corrected chi connectivity index (χ4v) is 4.36. The van der Waals surface area contributed by atoms with E-state index in [9.17, 15) is 8.42 Å². The van der Waals surface area contributed by atoms with Crippen LogP contribution in [-0.4, -0.2) is 71.9 Å². The summed E-state index contributed by atoms with van der Waals surface area (Å²) in [6.45, 7) is 3.95. The molecule has 2 aromatic carbocycles. The van der Waals surface area contributed by atoms with Crippen LogP contribution in [0.5, 0.6) is 5.75 Å². The number of aliphatic imine (C=N–C) groups is 1. The second-order valence-corrected chi connectivity index (χ2v) is 9.20. The van der Waals surface area contributed by atoms with Crippen LogP contribution in [0.15, 0.2) is 59.6 Å². The van der Waals surface area contributed by atoms with Crippen LogP contribution in [0.2, 0.25) is 0 Å². The fourth-order valence-electron chi connectivity index (χ4n) is 3.46. The zero-order valence-electron chi connectivity index (χ0n) is 18.1. The molecule has 168 valence electrons. The van der Waals surface area contributed by atoms with Gasteiger partial charge in [-0.25, -0.2) is 13.1 Å². The summed E-state index contributed by atoms with van der Waals surface area (Å²) in [5, 5.41) is 3.18. The Kier molecular flexibility index (Phi) is 8.13.